The van der Waals surface area contributed by atoms with E-state index < -0.39 is 10.0 Å². The third-order valence-corrected chi connectivity index (χ3v) is 4.61. The third kappa shape index (κ3) is 2.39. The van der Waals surface area contributed by atoms with E-state index in [1.807, 2.05) is 6.92 Å². The Morgan fingerprint density at radius 2 is 2.12 bits per heavy atom. The van der Waals surface area contributed by atoms with Crippen molar-refractivity contribution in [2.45, 2.75) is 31.0 Å². The lowest BCUT2D eigenvalue weighted by atomic mass is 10.4. The maximum absolute atomic E-state index is 12.2. The summed E-state index contributed by atoms with van der Waals surface area (Å²) in [6.45, 7) is 4.08. The summed E-state index contributed by atoms with van der Waals surface area (Å²) in [7, 11) is -1.92. The fourth-order valence-electron chi connectivity index (χ4n) is 1.49. The summed E-state index contributed by atoms with van der Waals surface area (Å²) in [5.41, 5.74) is 0.903. The molecule has 16 heavy (non-hydrogen) atoms. The van der Waals surface area contributed by atoms with Crippen LogP contribution in [0, 0.1) is 6.92 Å². The Morgan fingerprint density at radius 3 is 2.62 bits per heavy atom. The van der Waals surface area contributed by atoms with Crippen molar-refractivity contribution in [2.24, 2.45) is 0 Å². The molecule has 0 fully saturated rings. The lowest BCUT2D eigenvalue weighted by molar-refractivity contribution is 0.467. The van der Waals surface area contributed by atoms with Gasteiger partial charge in [0.05, 0.1) is 17.3 Å². The zero-order valence-corrected chi connectivity index (χ0v) is 11.2. The number of aromatic amines is 1. The molecule has 0 radical (unpaired) electrons. The van der Waals surface area contributed by atoms with Gasteiger partial charge >= 0.3 is 0 Å². The predicted molar refractivity (Wildman–Crippen MR) is 63.0 cm³/mol. The first-order valence-electron chi connectivity index (χ1n) is 5.01. The summed E-state index contributed by atoms with van der Waals surface area (Å²) < 4.78 is 25.7. The second kappa shape index (κ2) is 5.16. The van der Waals surface area contributed by atoms with Gasteiger partial charge in [0.25, 0.3) is 0 Å². The van der Waals surface area contributed by atoms with Gasteiger partial charge in [0.15, 0.2) is 0 Å². The second-order valence-electron chi connectivity index (χ2n) is 3.58. The van der Waals surface area contributed by atoms with Crippen molar-refractivity contribution < 1.29 is 8.42 Å². The van der Waals surface area contributed by atoms with Crippen LogP contribution in [0.15, 0.2) is 4.90 Å². The molecule has 7 heteroatoms. The van der Waals surface area contributed by atoms with Gasteiger partial charge in [-0.2, -0.15) is 5.10 Å². The second-order valence-corrected chi connectivity index (χ2v) is 5.83. The molecule has 0 aliphatic carbocycles. The molecule has 92 valence electrons. The molecule has 0 unspecified atom stereocenters. The fourth-order valence-corrected chi connectivity index (χ4v) is 3.35. The Hall–Kier alpha value is -0.590. The molecule has 0 aliphatic rings. The molecule has 5 nitrogen and oxygen atoms in total. The van der Waals surface area contributed by atoms with Crippen LogP contribution < -0.4 is 0 Å². The van der Waals surface area contributed by atoms with Gasteiger partial charge in [-0.15, -0.1) is 11.6 Å². The van der Waals surface area contributed by atoms with E-state index in [0.717, 1.165) is 6.42 Å². The zero-order chi connectivity index (χ0) is 12.3. The fraction of sp³-hybridized carbons (Fsp3) is 0.667. The van der Waals surface area contributed by atoms with E-state index in [0.29, 0.717) is 17.9 Å². The van der Waals surface area contributed by atoms with Crippen molar-refractivity contribution in [2.75, 3.05) is 13.6 Å². The lowest BCUT2D eigenvalue weighted by Gasteiger charge is -2.16. The minimum absolute atomic E-state index is 0.0822. The van der Waals surface area contributed by atoms with E-state index in [9.17, 15) is 8.42 Å². The molecule has 0 spiro atoms. The lowest BCUT2D eigenvalue weighted by Crippen LogP contribution is -2.28. The molecule has 0 bridgehead atoms. The molecule has 1 heterocycles. The average Bonchev–Trinajstić information content (AvgIpc) is 2.60. The number of hydrogen-bond donors (Lipinski definition) is 1. The van der Waals surface area contributed by atoms with Crippen LogP contribution in [0.5, 0.6) is 0 Å². The monoisotopic (exact) mass is 265 g/mol. The minimum Gasteiger partial charge on any atom is -0.281 e. The van der Waals surface area contributed by atoms with Gasteiger partial charge in [0.2, 0.25) is 10.0 Å². The summed E-state index contributed by atoms with van der Waals surface area (Å²) in [5.74, 6) is 0.0822. The SMILES string of the molecule is CCCN(C)S(=O)(=O)c1c(CCl)n[nH]c1C. The van der Waals surface area contributed by atoms with Crippen LogP contribution in [0.3, 0.4) is 0 Å². The molecule has 1 N–H and O–H groups in total. The van der Waals surface area contributed by atoms with Crippen LogP contribution in [-0.2, 0) is 15.9 Å². The highest BCUT2D eigenvalue weighted by atomic mass is 35.5. The molecule has 0 saturated carbocycles. The van der Waals surface area contributed by atoms with Crippen LogP contribution in [0.2, 0.25) is 0 Å². The largest absolute Gasteiger partial charge is 0.281 e. The van der Waals surface area contributed by atoms with Crippen LogP contribution in [-0.4, -0.2) is 36.5 Å². The van der Waals surface area contributed by atoms with Gasteiger partial charge in [-0.05, 0) is 13.3 Å². The Morgan fingerprint density at radius 1 is 1.50 bits per heavy atom. The normalized spacial score (nSPS) is 12.3. The van der Waals surface area contributed by atoms with Gasteiger partial charge in [0.1, 0.15) is 4.90 Å². The predicted octanol–water partition coefficient (Wildman–Crippen LogP) is 1.49. The highest BCUT2D eigenvalue weighted by molar-refractivity contribution is 7.89. The first kappa shape index (κ1) is 13.5. The first-order valence-corrected chi connectivity index (χ1v) is 6.98. The number of aryl methyl sites for hydroxylation is 1. The van der Waals surface area contributed by atoms with Crippen molar-refractivity contribution in [1.29, 1.82) is 0 Å². The number of nitrogens with one attached hydrogen (secondary N) is 1. The van der Waals surface area contributed by atoms with Gasteiger partial charge in [-0.3, -0.25) is 5.10 Å². The Labute approximate surface area is 101 Å². The standard InChI is InChI=1S/C9H16ClN3O2S/c1-4-5-13(3)16(14,15)9-7(2)11-12-8(9)6-10/h4-6H2,1-3H3,(H,11,12). The Balaban J connectivity index is 3.21. The summed E-state index contributed by atoms with van der Waals surface area (Å²) in [4.78, 5) is 0.207. The van der Waals surface area contributed by atoms with Crippen LogP contribution in [0.4, 0.5) is 0 Å². The van der Waals surface area contributed by atoms with E-state index in [1.165, 1.54) is 4.31 Å². The van der Waals surface area contributed by atoms with Gasteiger partial charge in [0, 0.05) is 13.6 Å². The molecule has 0 amide bonds. The maximum atomic E-state index is 12.2. The molecule has 0 atom stereocenters. The maximum Gasteiger partial charge on any atom is 0.246 e. The van der Waals surface area contributed by atoms with Crippen molar-refractivity contribution >= 4 is 21.6 Å². The highest BCUT2D eigenvalue weighted by Crippen LogP contribution is 2.22. The van der Waals surface area contributed by atoms with Gasteiger partial charge < -0.3 is 0 Å². The van der Waals surface area contributed by atoms with Crippen molar-refractivity contribution in [3.8, 4) is 0 Å². The summed E-state index contributed by atoms with van der Waals surface area (Å²) in [6.07, 6.45) is 0.767. The highest BCUT2D eigenvalue weighted by Gasteiger charge is 2.27. The van der Waals surface area contributed by atoms with Crippen molar-refractivity contribution in [3.63, 3.8) is 0 Å². The van der Waals surface area contributed by atoms with E-state index >= 15 is 0 Å². The zero-order valence-electron chi connectivity index (χ0n) is 9.62. The molecule has 0 aliphatic heterocycles. The average molecular weight is 266 g/mol. The third-order valence-electron chi connectivity index (χ3n) is 2.29. The number of aromatic nitrogens is 2. The number of nitrogens with zero attached hydrogens (tertiary/aromatic N) is 2. The number of hydrogen-bond acceptors (Lipinski definition) is 3. The summed E-state index contributed by atoms with van der Waals surface area (Å²) in [6, 6.07) is 0. The van der Waals surface area contributed by atoms with Crippen molar-refractivity contribution in [1.82, 2.24) is 14.5 Å². The number of alkyl halides is 1. The smallest absolute Gasteiger partial charge is 0.246 e. The number of rotatable bonds is 5. The summed E-state index contributed by atoms with van der Waals surface area (Å²) >= 11 is 5.67. The van der Waals surface area contributed by atoms with E-state index in [4.69, 9.17) is 11.6 Å². The molecule has 0 aromatic carbocycles. The minimum atomic E-state index is -3.48. The molecule has 1 aromatic rings. The molecule has 1 aromatic heterocycles. The van der Waals surface area contributed by atoms with E-state index in [-0.39, 0.29) is 10.8 Å². The Bertz CT molecular complexity index is 455. The van der Waals surface area contributed by atoms with Crippen LogP contribution >= 0.6 is 11.6 Å². The first-order chi connectivity index (χ1) is 7.45. The number of H-pyrrole nitrogens is 1. The van der Waals surface area contributed by atoms with E-state index in [2.05, 4.69) is 10.2 Å². The topological polar surface area (TPSA) is 66.1 Å². The molecular formula is C9H16ClN3O2S. The van der Waals surface area contributed by atoms with E-state index in [1.54, 1.807) is 14.0 Å². The van der Waals surface area contributed by atoms with Crippen molar-refractivity contribution in [3.05, 3.63) is 11.4 Å². The van der Waals surface area contributed by atoms with Crippen LogP contribution in [0.25, 0.3) is 0 Å². The molecule has 0 saturated heterocycles. The van der Waals surface area contributed by atoms with Gasteiger partial charge in [-0.1, -0.05) is 6.92 Å². The molecule has 1 rings (SSSR count). The summed E-state index contributed by atoms with van der Waals surface area (Å²) in [5, 5.41) is 6.53. The quantitative estimate of drug-likeness (QED) is 0.821. The number of sulfonamides is 1. The van der Waals surface area contributed by atoms with Crippen LogP contribution in [0.1, 0.15) is 24.7 Å². The Kier molecular flexibility index (Phi) is 4.35. The number of halogens is 1. The van der Waals surface area contributed by atoms with Gasteiger partial charge in [-0.25, -0.2) is 12.7 Å². The molecular weight excluding hydrogens is 250 g/mol.